The highest BCUT2D eigenvalue weighted by atomic mass is 32.1. The highest BCUT2D eigenvalue weighted by molar-refractivity contribution is 7.10. The predicted molar refractivity (Wildman–Crippen MR) is 80.4 cm³/mol. The zero-order chi connectivity index (χ0) is 14.7. The van der Waals surface area contributed by atoms with Crippen LogP contribution in [0.3, 0.4) is 0 Å². The third kappa shape index (κ3) is 4.62. The first-order chi connectivity index (χ1) is 8.65. The van der Waals surface area contributed by atoms with Gasteiger partial charge in [0.2, 0.25) is 5.91 Å². The summed E-state index contributed by atoms with van der Waals surface area (Å²) in [6, 6.07) is 3.96. The average molecular weight is 283 g/mol. The van der Waals surface area contributed by atoms with Crippen molar-refractivity contribution in [1.82, 2.24) is 5.32 Å². The first kappa shape index (κ1) is 16.2. The van der Waals surface area contributed by atoms with Crippen LogP contribution in [0.25, 0.3) is 0 Å². The summed E-state index contributed by atoms with van der Waals surface area (Å²) < 4.78 is 0. The fourth-order valence-electron chi connectivity index (χ4n) is 2.16. The smallest absolute Gasteiger partial charge is 0.230 e. The summed E-state index contributed by atoms with van der Waals surface area (Å²) in [5.41, 5.74) is -0.607. The summed E-state index contributed by atoms with van der Waals surface area (Å²) in [4.78, 5) is 13.4. The second-order valence-corrected chi connectivity index (χ2v) is 7.45. The van der Waals surface area contributed by atoms with E-state index in [9.17, 15) is 9.90 Å². The van der Waals surface area contributed by atoms with Crippen LogP contribution in [0.2, 0.25) is 0 Å². The largest absolute Gasteiger partial charge is 0.393 e. The van der Waals surface area contributed by atoms with Gasteiger partial charge in [-0.15, -0.1) is 11.3 Å². The quantitative estimate of drug-likeness (QED) is 0.843. The van der Waals surface area contributed by atoms with Crippen molar-refractivity contribution < 1.29 is 9.90 Å². The molecule has 19 heavy (non-hydrogen) atoms. The van der Waals surface area contributed by atoms with Gasteiger partial charge < -0.3 is 10.4 Å². The number of hydrogen-bond acceptors (Lipinski definition) is 3. The van der Waals surface area contributed by atoms with Crippen LogP contribution in [0.4, 0.5) is 0 Å². The number of carbonyl (C=O) groups excluding carboxylic acids is 1. The Labute approximate surface area is 120 Å². The summed E-state index contributed by atoms with van der Waals surface area (Å²) in [6.45, 7) is 10.3. The maximum absolute atomic E-state index is 12.3. The Morgan fingerprint density at radius 1 is 1.42 bits per heavy atom. The molecule has 0 aliphatic rings. The molecule has 0 aliphatic heterocycles. The van der Waals surface area contributed by atoms with Crippen LogP contribution in [0, 0.1) is 5.41 Å². The summed E-state index contributed by atoms with van der Waals surface area (Å²) in [7, 11) is 0. The molecule has 0 saturated heterocycles. The van der Waals surface area contributed by atoms with Gasteiger partial charge in [0.25, 0.3) is 0 Å². The Morgan fingerprint density at radius 2 is 2.05 bits per heavy atom. The van der Waals surface area contributed by atoms with Gasteiger partial charge in [-0.1, -0.05) is 19.9 Å². The standard InChI is InChI=1S/C15H25NO2S/c1-11(17)9-14(2,3)10-16-13(18)15(4,5)12-7-6-8-19-12/h6-8,11,17H,9-10H2,1-5H3,(H,16,18)/t11-/m0/s1. The molecule has 2 N–H and O–H groups in total. The molecule has 0 aliphatic carbocycles. The minimum atomic E-state index is -0.505. The Kier molecular flexibility index (Phi) is 5.16. The molecule has 1 rings (SSSR count). The molecule has 1 aromatic heterocycles. The molecular formula is C15H25NO2S. The van der Waals surface area contributed by atoms with Crippen LogP contribution < -0.4 is 5.32 Å². The van der Waals surface area contributed by atoms with E-state index in [1.165, 1.54) is 0 Å². The third-order valence-corrected chi connectivity index (χ3v) is 4.47. The van der Waals surface area contributed by atoms with E-state index < -0.39 is 5.41 Å². The number of aliphatic hydroxyl groups is 1. The number of aliphatic hydroxyl groups excluding tert-OH is 1. The fourth-order valence-corrected chi connectivity index (χ4v) is 3.01. The first-order valence-electron chi connectivity index (χ1n) is 6.65. The molecule has 1 aromatic rings. The molecule has 0 unspecified atom stereocenters. The van der Waals surface area contributed by atoms with Crippen LogP contribution in [0.5, 0.6) is 0 Å². The molecule has 3 nitrogen and oxygen atoms in total. The van der Waals surface area contributed by atoms with E-state index in [-0.39, 0.29) is 17.4 Å². The molecular weight excluding hydrogens is 258 g/mol. The van der Waals surface area contributed by atoms with E-state index in [0.717, 1.165) is 4.88 Å². The maximum atomic E-state index is 12.3. The molecule has 0 radical (unpaired) electrons. The van der Waals surface area contributed by atoms with Gasteiger partial charge in [0, 0.05) is 11.4 Å². The molecule has 1 heterocycles. The van der Waals surface area contributed by atoms with Crippen molar-refractivity contribution in [2.75, 3.05) is 6.54 Å². The summed E-state index contributed by atoms with van der Waals surface area (Å²) in [5, 5.41) is 14.5. The van der Waals surface area contributed by atoms with Crippen molar-refractivity contribution in [2.45, 2.75) is 52.6 Å². The van der Waals surface area contributed by atoms with Crippen molar-refractivity contribution in [3.63, 3.8) is 0 Å². The van der Waals surface area contributed by atoms with E-state index in [0.29, 0.717) is 13.0 Å². The second kappa shape index (κ2) is 6.06. The lowest BCUT2D eigenvalue weighted by atomic mass is 9.85. The molecule has 0 saturated carbocycles. The van der Waals surface area contributed by atoms with E-state index >= 15 is 0 Å². The number of amides is 1. The van der Waals surface area contributed by atoms with Crippen LogP contribution in [0.15, 0.2) is 17.5 Å². The summed E-state index contributed by atoms with van der Waals surface area (Å²) in [6.07, 6.45) is 0.324. The van der Waals surface area contributed by atoms with Gasteiger partial charge in [-0.05, 0) is 44.1 Å². The number of hydrogen-bond donors (Lipinski definition) is 2. The summed E-state index contributed by atoms with van der Waals surface area (Å²) >= 11 is 1.60. The molecule has 1 amide bonds. The van der Waals surface area contributed by atoms with Gasteiger partial charge in [0.05, 0.1) is 11.5 Å². The van der Waals surface area contributed by atoms with Gasteiger partial charge in [-0.25, -0.2) is 0 Å². The molecule has 0 bridgehead atoms. The Morgan fingerprint density at radius 3 is 2.53 bits per heavy atom. The maximum Gasteiger partial charge on any atom is 0.230 e. The number of carbonyl (C=O) groups is 1. The normalized spacial score (nSPS) is 14.2. The molecule has 1 atom stereocenters. The fraction of sp³-hybridized carbons (Fsp3) is 0.667. The lowest BCUT2D eigenvalue weighted by molar-refractivity contribution is -0.126. The van der Waals surface area contributed by atoms with Crippen molar-refractivity contribution in [3.05, 3.63) is 22.4 Å². The molecule has 0 spiro atoms. The van der Waals surface area contributed by atoms with E-state index in [1.807, 2.05) is 31.4 Å². The zero-order valence-electron chi connectivity index (χ0n) is 12.5. The van der Waals surface area contributed by atoms with Crippen LogP contribution in [0.1, 0.15) is 45.9 Å². The van der Waals surface area contributed by atoms with Gasteiger partial charge in [0.15, 0.2) is 0 Å². The van der Waals surface area contributed by atoms with Gasteiger partial charge >= 0.3 is 0 Å². The monoisotopic (exact) mass is 283 g/mol. The molecule has 0 fully saturated rings. The Hall–Kier alpha value is -0.870. The van der Waals surface area contributed by atoms with E-state index in [2.05, 4.69) is 19.2 Å². The third-order valence-electron chi connectivity index (χ3n) is 3.28. The number of nitrogens with one attached hydrogen (secondary N) is 1. The van der Waals surface area contributed by atoms with Crippen molar-refractivity contribution >= 4 is 17.2 Å². The minimum Gasteiger partial charge on any atom is -0.393 e. The number of thiophene rings is 1. The number of rotatable bonds is 6. The second-order valence-electron chi connectivity index (χ2n) is 6.50. The van der Waals surface area contributed by atoms with Crippen LogP contribution in [-0.2, 0) is 10.2 Å². The van der Waals surface area contributed by atoms with Gasteiger partial charge in [-0.2, -0.15) is 0 Å². The van der Waals surface area contributed by atoms with Crippen LogP contribution in [-0.4, -0.2) is 23.7 Å². The van der Waals surface area contributed by atoms with Gasteiger partial charge in [0.1, 0.15) is 0 Å². The predicted octanol–water partition coefficient (Wildman–Crippen LogP) is 2.94. The lowest BCUT2D eigenvalue weighted by Gasteiger charge is -2.29. The Bertz CT molecular complexity index is 408. The minimum absolute atomic E-state index is 0.0358. The van der Waals surface area contributed by atoms with Crippen molar-refractivity contribution in [1.29, 1.82) is 0 Å². The lowest BCUT2D eigenvalue weighted by Crippen LogP contribution is -2.44. The molecule has 0 aromatic carbocycles. The Balaban J connectivity index is 2.61. The van der Waals surface area contributed by atoms with E-state index in [1.54, 1.807) is 18.3 Å². The average Bonchev–Trinajstić information content (AvgIpc) is 2.77. The highest BCUT2D eigenvalue weighted by Gasteiger charge is 2.32. The SMILES string of the molecule is C[C@H](O)CC(C)(C)CNC(=O)C(C)(C)c1cccs1. The summed E-state index contributed by atoms with van der Waals surface area (Å²) in [5.74, 6) is 0.0358. The topological polar surface area (TPSA) is 49.3 Å². The molecule has 108 valence electrons. The van der Waals surface area contributed by atoms with Gasteiger partial charge in [-0.3, -0.25) is 4.79 Å². The molecule has 4 heteroatoms. The van der Waals surface area contributed by atoms with Crippen molar-refractivity contribution in [2.24, 2.45) is 5.41 Å². The highest BCUT2D eigenvalue weighted by Crippen LogP contribution is 2.28. The van der Waals surface area contributed by atoms with Crippen molar-refractivity contribution in [3.8, 4) is 0 Å². The first-order valence-corrected chi connectivity index (χ1v) is 7.53. The zero-order valence-corrected chi connectivity index (χ0v) is 13.3. The van der Waals surface area contributed by atoms with E-state index in [4.69, 9.17) is 0 Å². The van der Waals surface area contributed by atoms with Crippen LogP contribution >= 0.6 is 11.3 Å².